The molecule has 4 aromatic rings. The summed E-state index contributed by atoms with van der Waals surface area (Å²) in [6.45, 7) is 2.05. The number of amides is 2. The molecule has 0 heterocycles. The molecule has 52 heavy (non-hydrogen) atoms. The summed E-state index contributed by atoms with van der Waals surface area (Å²) in [5.41, 5.74) is 6.14. The van der Waals surface area contributed by atoms with Gasteiger partial charge in [0, 0.05) is 16.8 Å². The molecule has 0 saturated heterocycles. The van der Waals surface area contributed by atoms with E-state index in [1.165, 1.54) is 89.0 Å². The molecule has 274 valence electrons. The van der Waals surface area contributed by atoms with Gasteiger partial charge in [-0.15, -0.1) is 0 Å². The number of carbonyl (C=O) groups excluding carboxylic acids is 2. The molecule has 0 aliphatic heterocycles. The van der Waals surface area contributed by atoms with Gasteiger partial charge in [0.05, 0.1) is 11.3 Å². The van der Waals surface area contributed by atoms with Gasteiger partial charge < -0.3 is 15.7 Å². The zero-order valence-corrected chi connectivity index (χ0v) is 30.9. The highest BCUT2D eigenvalue weighted by Gasteiger charge is 2.17. The van der Waals surface area contributed by atoms with Gasteiger partial charge in [0.2, 0.25) is 0 Å². The van der Waals surface area contributed by atoms with E-state index in [0.717, 1.165) is 47.9 Å². The van der Waals surface area contributed by atoms with E-state index in [0.29, 0.717) is 16.8 Å². The quantitative estimate of drug-likeness (QED) is 0.129. The summed E-state index contributed by atoms with van der Waals surface area (Å²) in [7, 11) is 0. The van der Waals surface area contributed by atoms with Crippen LogP contribution in [-0.4, -0.2) is 22.9 Å². The van der Waals surface area contributed by atoms with Crippen molar-refractivity contribution in [2.45, 2.75) is 110 Å². The molecule has 6 rings (SSSR count). The number of aryl methyl sites for hydroxylation is 3. The Labute approximate surface area is 310 Å². The van der Waals surface area contributed by atoms with E-state index in [1.807, 2.05) is 55.5 Å². The molecule has 0 bridgehead atoms. The Bertz CT molecular complexity index is 1720. The second kappa shape index (κ2) is 20.4. The normalized spacial score (nSPS) is 14.9. The minimum Gasteiger partial charge on any atom is -0.478 e. The molecule has 4 aromatic carbocycles. The first-order valence-electron chi connectivity index (χ1n) is 19.5. The average Bonchev–Trinajstić information content (AvgIpc) is 3.18. The van der Waals surface area contributed by atoms with Crippen molar-refractivity contribution < 1.29 is 19.5 Å². The molecule has 0 radical (unpaired) electrons. The first kappa shape index (κ1) is 38.5. The highest BCUT2D eigenvalue weighted by molar-refractivity contribution is 6.08. The van der Waals surface area contributed by atoms with Gasteiger partial charge in [-0.25, -0.2) is 4.79 Å². The monoisotopic (exact) mass is 700 g/mol. The van der Waals surface area contributed by atoms with Crippen LogP contribution in [0.25, 0.3) is 0 Å². The van der Waals surface area contributed by atoms with Crippen LogP contribution in [-0.2, 0) is 12.8 Å². The number of hydrogen-bond donors (Lipinski definition) is 3. The maximum absolute atomic E-state index is 12.4. The lowest BCUT2D eigenvalue weighted by atomic mass is 9.85. The zero-order chi connectivity index (χ0) is 36.5. The van der Waals surface area contributed by atoms with Crippen LogP contribution in [0.4, 0.5) is 11.4 Å². The molecule has 2 saturated carbocycles. The van der Waals surface area contributed by atoms with Crippen LogP contribution in [0.2, 0.25) is 0 Å². The average molecular weight is 701 g/mol. The lowest BCUT2D eigenvalue weighted by Gasteiger charge is -2.21. The standard InChI is InChI=1S/C23H27NO3.C23H29NO/c25-22(19-12-5-2-6-13-19)24-21-16-18(14-15-20(21)23(26)27)11-7-10-17-8-3-1-4-9-17;1-18-15-16-20(12-8-11-19-9-4-2-5-10-19)17-22(18)24-23(25)21-13-6-3-7-14-21/h2,5-6,12-17H,1,3-4,7-11H2,(H,24,25)(H,26,27);3,6-7,13-17,19H,2,4-5,8-12H2,1H3,(H,24,25). The molecule has 6 nitrogen and oxygen atoms in total. The number of benzene rings is 4. The van der Waals surface area contributed by atoms with E-state index in [9.17, 15) is 19.5 Å². The SMILES string of the molecule is Cc1ccc(CCCC2CCCCC2)cc1NC(=O)c1ccccc1.O=C(Nc1cc(CCCC2CCCCC2)ccc1C(=O)O)c1ccccc1. The van der Waals surface area contributed by atoms with Crippen molar-refractivity contribution in [1.82, 2.24) is 0 Å². The summed E-state index contributed by atoms with van der Waals surface area (Å²) in [5.74, 6) is 0.415. The second-order valence-electron chi connectivity index (χ2n) is 14.8. The van der Waals surface area contributed by atoms with Gasteiger partial charge in [0.1, 0.15) is 0 Å². The molecule has 0 unspecified atom stereocenters. The van der Waals surface area contributed by atoms with Crippen LogP contribution in [0, 0.1) is 18.8 Å². The molecule has 0 aromatic heterocycles. The van der Waals surface area contributed by atoms with E-state index in [4.69, 9.17) is 0 Å². The van der Waals surface area contributed by atoms with Crippen LogP contribution in [0.3, 0.4) is 0 Å². The first-order chi connectivity index (χ1) is 25.4. The maximum atomic E-state index is 12.4. The highest BCUT2D eigenvalue weighted by atomic mass is 16.4. The van der Waals surface area contributed by atoms with E-state index in [-0.39, 0.29) is 17.4 Å². The van der Waals surface area contributed by atoms with E-state index in [2.05, 4.69) is 28.8 Å². The first-order valence-corrected chi connectivity index (χ1v) is 19.5. The Morgan fingerprint density at radius 3 is 1.50 bits per heavy atom. The summed E-state index contributed by atoms with van der Waals surface area (Å²) in [4.78, 5) is 36.3. The predicted molar refractivity (Wildman–Crippen MR) is 212 cm³/mol. The Kier molecular flexibility index (Phi) is 15.1. The van der Waals surface area contributed by atoms with Crippen LogP contribution in [0.15, 0.2) is 97.1 Å². The fourth-order valence-electron chi connectivity index (χ4n) is 7.71. The van der Waals surface area contributed by atoms with Crippen molar-refractivity contribution in [1.29, 1.82) is 0 Å². The minimum absolute atomic E-state index is 0.0388. The second-order valence-corrected chi connectivity index (χ2v) is 14.8. The fraction of sp³-hybridized carbons (Fsp3) is 0.413. The van der Waals surface area contributed by atoms with Gasteiger partial charge >= 0.3 is 5.97 Å². The molecule has 2 aliphatic rings. The van der Waals surface area contributed by atoms with Crippen LogP contribution in [0.5, 0.6) is 0 Å². The number of nitrogens with one attached hydrogen (secondary N) is 2. The van der Waals surface area contributed by atoms with E-state index >= 15 is 0 Å². The zero-order valence-electron chi connectivity index (χ0n) is 30.9. The molecule has 2 amide bonds. The van der Waals surface area contributed by atoms with Gasteiger partial charge in [0.15, 0.2) is 0 Å². The highest BCUT2D eigenvalue weighted by Crippen LogP contribution is 2.30. The lowest BCUT2D eigenvalue weighted by molar-refractivity contribution is 0.0697. The van der Waals surface area contributed by atoms with Crippen LogP contribution >= 0.6 is 0 Å². The van der Waals surface area contributed by atoms with Crippen LogP contribution < -0.4 is 10.6 Å². The molecular weight excluding hydrogens is 645 g/mol. The molecule has 3 N–H and O–H groups in total. The minimum atomic E-state index is -1.04. The van der Waals surface area contributed by atoms with Gasteiger partial charge in [0.25, 0.3) is 11.8 Å². The number of carboxylic acids is 1. The lowest BCUT2D eigenvalue weighted by Crippen LogP contribution is -2.15. The fourth-order valence-corrected chi connectivity index (χ4v) is 7.71. The topological polar surface area (TPSA) is 95.5 Å². The van der Waals surface area contributed by atoms with E-state index < -0.39 is 5.97 Å². The number of hydrogen-bond acceptors (Lipinski definition) is 3. The number of rotatable bonds is 13. The molecule has 0 atom stereocenters. The Morgan fingerprint density at radius 2 is 1.02 bits per heavy atom. The third-order valence-corrected chi connectivity index (χ3v) is 10.8. The van der Waals surface area contributed by atoms with Crippen molar-refractivity contribution in [2.75, 3.05) is 10.6 Å². The van der Waals surface area contributed by atoms with Gasteiger partial charge in [-0.1, -0.05) is 132 Å². The van der Waals surface area contributed by atoms with Crippen molar-refractivity contribution in [3.8, 4) is 0 Å². The Morgan fingerprint density at radius 1 is 0.577 bits per heavy atom. The predicted octanol–water partition coefficient (Wildman–Crippen LogP) is 11.7. The molecule has 2 aliphatic carbocycles. The molecule has 6 heteroatoms. The van der Waals surface area contributed by atoms with Gasteiger partial charge in [-0.3, -0.25) is 9.59 Å². The molecule has 2 fully saturated rings. The van der Waals surface area contributed by atoms with Crippen LogP contribution in [0.1, 0.15) is 138 Å². The van der Waals surface area contributed by atoms with Crippen molar-refractivity contribution in [3.05, 3.63) is 130 Å². The van der Waals surface area contributed by atoms with Gasteiger partial charge in [-0.2, -0.15) is 0 Å². The largest absolute Gasteiger partial charge is 0.478 e. The third kappa shape index (κ3) is 12.2. The summed E-state index contributed by atoms with van der Waals surface area (Å²) in [5, 5.41) is 15.3. The smallest absolute Gasteiger partial charge is 0.337 e. The number of carboxylic acid groups (broad SMARTS) is 1. The number of anilines is 2. The summed E-state index contributed by atoms with van der Waals surface area (Å²) >= 11 is 0. The van der Waals surface area contributed by atoms with Gasteiger partial charge in [-0.05, 0) is 104 Å². The number of aromatic carboxylic acids is 1. The van der Waals surface area contributed by atoms with Crippen molar-refractivity contribution >= 4 is 29.2 Å². The Balaban J connectivity index is 0.000000202. The third-order valence-electron chi connectivity index (χ3n) is 10.8. The molecule has 0 spiro atoms. The van der Waals surface area contributed by atoms with E-state index in [1.54, 1.807) is 30.3 Å². The maximum Gasteiger partial charge on any atom is 0.337 e. The summed E-state index contributed by atoms with van der Waals surface area (Å²) < 4.78 is 0. The Hall–Kier alpha value is -4.71. The molecular formula is C46H56N2O4. The summed E-state index contributed by atoms with van der Waals surface area (Å²) in [6.07, 6.45) is 20.8. The number of carbonyl (C=O) groups is 3. The van der Waals surface area contributed by atoms with Crippen molar-refractivity contribution in [2.24, 2.45) is 11.8 Å². The van der Waals surface area contributed by atoms with Crippen molar-refractivity contribution in [3.63, 3.8) is 0 Å². The summed E-state index contributed by atoms with van der Waals surface area (Å²) in [6, 6.07) is 30.0.